The molecule has 0 spiro atoms. The van der Waals surface area contributed by atoms with Crippen LogP contribution < -0.4 is 5.32 Å². The molecule has 1 amide bonds. The summed E-state index contributed by atoms with van der Waals surface area (Å²) in [5, 5.41) is 7.23. The molecule has 1 saturated carbocycles. The molecule has 0 atom stereocenters. The lowest BCUT2D eigenvalue weighted by Crippen LogP contribution is -2.18. The number of imidazole rings is 1. The fraction of sp³-hybridized carbons (Fsp3) is 0.389. The summed E-state index contributed by atoms with van der Waals surface area (Å²) >= 11 is 0. The second-order valence-corrected chi connectivity index (χ2v) is 6.48. The highest BCUT2D eigenvalue weighted by atomic mass is 16.2. The molecule has 1 aromatic carbocycles. The Kier molecular flexibility index (Phi) is 3.59. The van der Waals surface area contributed by atoms with E-state index in [1.165, 1.54) is 12.8 Å². The zero-order valence-corrected chi connectivity index (χ0v) is 14.0. The van der Waals surface area contributed by atoms with Gasteiger partial charge in [0.1, 0.15) is 0 Å². The zero-order chi connectivity index (χ0) is 16.7. The maximum Gasteiger partial charge on any atom is 0.278 e. The first-order valence-corrected chi connectivity index (χ1v) is 8.42. The molecule has 124 valence electrons. The quantitative estimate of drug-likeness (QED) is 0.803. The van der Waals surface area contributed by atoms with Crippen molar-refractivity contribution in [2.75, 3.05) is 5.32 Å². The number of hydrogen-bond donors (Lipinski definition) is 1. The third kappa shape index (κ3) is 2.48. The number of amides is 1. The number of nitrogens with zero attached hydrogens (tertiary/aromatic N) is 4. The molecular weight excluding hydrogens is 302 g/mol. The van der Waals surface area contributed by atoms with Crippen LogP contribution in [-0.2, 0) is 7.05 Å². The Hall–Kier alpha value is -2.63. The van der Waals surface area contributed by atoms with Crippen LogP contribution in [0.2, 0.25) is 0 Å². The summed E-state index contributed by atoms with van der Waals surface area (Å²) in [5.74, 6) is 0.407. The van der Waals surface area contributed by atoms with Crippen molar-refractivity contribution < 1.29 is 4.79 Å². The number of hydrogen-bond acceptors (Lipinski definition) is 3. The Balaban J connectivity index is 1.72. The Bertz CT molecular complexity index is 882. The molecule has 6 heteroatoms. The normalized spacial score (nSPS) is 15.2. The van der Waals surface area contributed by atoms with Crippen molar-refractivity contribution in [2.24, 2.45) is 7.05 Å². The highest BCUT2D eigenvalue weighted by Crippen LogP contribution is 2.35. The van der Waals surface area contributed by atoms with Crippen molar-refractivity contribution >= 4 is 22.9 Å². The summed E-state index contributed by atoms with van der Waals surface area (Å²) in [7, 11) is 1.83. The Morgan fingerprint density at radius 3 is 2.71 bits per heavy atom. The van der Waals surface area contributed by atoms with Crippen molar-refractivity contribution in [2.45, 2.75) is 38.6 Å². The van der Waals surface area contributed by atoms with E-state index in [9.17, 15) is 4.79 Å². The minimum atomic E-state index is -0.215. The predicted octanol–water partition coefficient (Wildman–Crippen LogP) is 3.45. The van der Waals surface area contributed by atoms with Gasteiger partial charge in [-0.3, -0.25) is 14.8 Å². The van der Waals surface area contributed by atoms with Gasteiger partial charge in [0.2, 0.25) is 5.95 Å². The Morgan fingerprint density at radius 1 is 1.25 bits per heavy atom. The van der Waals surface area contributed by atoms with Crippen LogP contribution in [0.4, 0.5) is 5.95 Å². The number of fused-ring (bicyclic) bond motifs is 1. The highest BCUT2D eigenvalue weighted by molar-refractivity contribution is 6.02. The van der Waals surface area contributed by atoms with Crippen LogP contribution in [0.1, 0.15) is 47.9 Å². The summed E-state index contributed by atoms with van der Waals surface area (Å²) < 4.78 is 3.89. The van der Waals surface area contributed by atoms with Crippen LogP contribution in [0.15, 0.2) is 30.3 Å². The van der Waals surface area contributed by atoms with Crippen LogP contribution in [0.5, 0.6) is 0 Å². The summed E-state index contributed by atoms with van der Waals surface area (Å²) in [6.07, 6.45) is 4.71. The van der Waals surface area contributed by atoms with E-state index in [0.717, 1.165) is 29.6 Å². The van der Waals surface area contributed by atoms with Crippen molar-refractivity contribution in [3.8, 4) is 0 Å². The van der Waals surface area contributed by atoms with E-state index in [1.54, 1.807) is 10.7 Å². The van der Waals surface area contributed by atoms with Gasteiger partial charge in [-0.25, -0.2) is 4.98 Å². The lowest BCUT2D eigenvalue weighted by molar-refractivity contribution is 0.102. The molecule has 3 aromatic rings. The van der Waals surface area contributed by atoms with Crippen molar-refractivity contribution in [3.63, 3.8) is 0 Å². The number of benzene rings is 1. The summed E-state index contributed by atoms with van der Waals surface area (Å²) in [4.78, 5) is 17.2. The first-order valence-electron chi connectivity index (χ1n) is 8.42. The van der Waals surface area contributed by atoms with Crippen LogP contribution in [0.25, 0.3) is 11.0 Å². The van der Waals surface area contributed by atoms with E-state index in [1.807, 2.05) is 32.2 Å². The maximum absolute atomic E-state index is 12.6. The van der Waals surface area contributed by atoms with Gasteiger partial charge in [0.25, 0.3) is 5.91 Å². The number of para-hydroxylation sites is 2. The Labute approximate surface area is 140 Å². The van der Waals surface area contributed by atoms with Crippen molar-refractivity contribution in [3.05, 3.63) is 41.7 Å². The average Bonchev–Trinajstić information content (AvgIpc) is 3.26. The molecule has 1 fully saturated rings. The monoisotopic (exact) mass is 323 g/mol. The molecule has 6 nitrogen and oxygen atoms in total. The van der Waals surface area contributed by atoms with Gasteiger partial charge in [0, 0.05) is 18.8 Å². The molecular formula is C18H21N5O. The van der Waals surface area contributed by atoms with E-state index in [-0.39, 0.29) is 5.91 Å². The smallest absolute Gasteiger partial charge is 0.278 e. The molecule has 0 radical (unpaired) electrons. The molecule has 1 aliphatic rings. The van der Waals surface area contributed by atoms with Crippen LogP contribution in [0.3, 0.4) is 0 Å². The predicted molar refractivity (Wildman–Crippen MR) is 93.1 cm³/mol. The van der Waals surface area contributed by atoms with E-state index >= 15 is 0 Å². The van der Waals surface area contributed by atoms with Gasteiger partial charge >= 0.3 is 0 Å². The molecule has 2 aromatic heterocycles. The van der Waals surface area contributed by atoms with Crippen molar-refractivity contribution in [1.29, 1.82) is 0 Å². The number of anilines is 1. The lowest BCUT2D eigenvalue weighted by atomic mass is 10.2. The van der Waals surface area contributed by atoms with Gasteiger partial charge in [0.15, 0.2) is 5.69 Å². The third-order valence-corrected chi connectivity index (χ3v) is 4.86. The highest BCUT2D eigenvalue weighted by Gasteiger charge is 2.24. The molecule has 24 heavy (non-hydrogen) atoms. The van der Waals surface area contributed by atoms with Crippen LogP contribution in [0, 0.1) is 6.92 Å². The third-order valence-electron chi connectivity index (χ3n) is 4.86. The molecule has 2 heterocycles. The number of carbonyl (C=O) groups excluding carboxylic acids is 1. The van der Waals surface area contributed by atoms with Gasteiger partial charge in [-0.1, -0.05) is 25.0 Å². The first kappa shape index (κ1) is 14.9. The second-order valence-electron chi connectivity index (χ2n) is 6.48. The van der Waals surface area contributed by atoms with Gasteiger partial charge in [0.05, 0.1) is 11.0 Å². The molecule has 0 aliphatic heterocycles. The summed E-state index contributed by atoms with van der Waals surface area (Å²) in [6.45, 7) is 1.93. The topological polar surface area (TPSA) is 64.7 Å². The SMILES string of the molecule is Cc1cc(C(=O)Nc2nc3ccccc3n2C2CCCC2)nn1C. The Morgan fingerprint density at radius 2 is 2.00 bits per heavy atom. The van der Waals surface area contributed by atoms with Gasteiger partial charge in [-0.2, -0.15) is 5.10 Å². The molecule has 0 bridgehead atoms. The second kappa shape index (κ2) is 5.78. The summed E-state index contributed by atoms with van der Waals surface area (Å²) in [5.41, 5.74) is 3.36. The molecule has 1 N–H and O–H groups in total. The molecule has 0 saturated heterocycles. The largest absolute Gasteiger partial charge is 0.307 e. The minimum absolute atomic E-state index is 0.215. The van der Waals surface area contributed by atoms with E-state index in [4.69, 9.17) is 0 Å². The van der Waals surface area contributed by atoms with Crippen molar-refractivity contribution in [1.82, 2.24) is 19.3 Å². The standard InChI is InChI=1S/C18H21N5O/c1-12-11-15(21-22(12)2)17(24)20-18-19-14-9-5-6-10-16(14)23(18)13-7-3-4-8-13/h5-6,9-11,13H,3-4,7-8H2,1-2H3,(H,19,20,24). The maximum atomic E-state index is 12.6. The average molecular weight is 323 g/mol. The van der Waals surface area contributed by atoms with Crippen LogP contribution >= 0.6 is 0 Å². The van der Waals surface area contributed by atoms with Gasteiger partial charge < -0.3 is 4.57 Å². The first-order chi connectivity index (χ1) is 11.6. The molecule has 1 aliphatic carbocycles. The fourth-order valence-corrected chi connectivity index (χ4v) is 3.50. The zero-order valence-electron chi connectivity index (χ0n) is 14.0. The minimum Gasteiger partial charge on any atom is -0.307 e. The molecule has 0 unspecified atom stereocenters. The lowest BCUT2D eigenvalue weighted by Gasteiger charge is -2.16. The van der Waals surface area contributed by atoms with Crippen LogP contribution in [-0.4, -0.2) is 25.2 Å². The van der Waals surface area contributed by atoms with Gasteiger partial charge in [-0.15, -0.1) is 0 Å². The van der Waals surface area contributed by atoms with Gasteiger partial charge in [-0.05, 0) is 38.0 Å². The number of aromatic nitrogens is 4. The number of nitrogens with one attached hydrogen (secondary N) is 1. The van der Waals surface area contributed by atoms with E-state index < -0.39 is 0 Å². The summed E-state index contributed by atoms with van der Waals surface area (Å²) in [6, 6.07) is 10.2. The van der Waals surface area contributed by atoms with E-state index in [0.29, 0.717) is 17.7 Å². The molecule has 4 rings (SSSR count). The number of rotatable bonds is 3. The number of aryl methyl sites for hydroxylation is 2. The van der Waals surface area contributed by atoms with E-state index in [2.05, 4.69) is 26.0 Å². The number of carbonyl (C=O) groups is 1. The fourth-order valence-electron chi connectivity index (χ4n) is 3.50.